The van der Waals surface area contributed by atoms with Crippen LogP contribution in [0.1, 0.15) is 24.6 Å². The maximum atomic E-state index is 5.93. The van der Waals surface area contributed by atoms with Crippen molar-refractivity contribution in [2.45, 2.75) is 24.9 Å². The Morgan fingerprint density at radius 3 is 2.82 bits per heavy atom. The van der Waals surface area contributed by atoms with Crippen molar-refractivity contribution in [2.75, 3.05) is 26.8 Å². The van der Waals surface area contributed by atoms with E-state index in [1.165, 1.54) is 5.69 Å². The fourth-order valence-electron chi connectivity index (χ4n) is 2.53. The Bertz CT molecular complexity index is 346. The zero-order valence-corrected chi connectivity index (χ0v) is 10.7. The van der Waals surface area contributed by atoms with E-state index in [2.05, 4.69) is 16.9 Å². The third kappa shape index (κ3) is 2.68. The van der Waals surface area contributed by atoms with Crippen molar-refractivity contribution >= 4 is 0 Å². The monoisotopic (exact) mass is 238 g/mol. The van der Waals surface area contributed by atoms with Crippen molar-refractivity contribution in [3.63, 3.8) is 0 Å². The summed E-state index contributed by atoms with van der Waals surface area (Å²) in [4.78, 5) is 6.55. The first kappa shape index (κ1) is 12.5. The van der Waals surface area contributed by atoms with Crippen LogP contribution in [-0.4, -0.2) is 47.3 Å². The molecule has 1 aliphatic heterocycles. The van der Waals surface area contributed by atoms with E-state index in [9.17, 15) is 0 Å². The van der Waals surface area contributed by atoms with Gasteiger partial charge in [0.15, 0.2) is 0 Å². The van der Waals surface area contributed by atoms with Crippen LogP contribution in [0.3, 0.4) is 0 Å². The molecule has 0 amide bonds. The van der Waals surface area contributed by atoms with Gasteiger partial charge in [-0.1, -0.05) is 0 Å². The summed E-state index contributed by atoms with van der Waals surface area (Å²) in [5.74, 6) is 0. The number of imidazole rings is 1. The van der Waals surface area contributed by atoms with E-state index in [4.69, 9.17) is 10.5 Å². The van der Waals surface area contributed by atoms with E-state index in [1.54, 1.807) is 0 Å². The highest BCUT2D eigenvalue weighted by Gasteiger charge is 2.26. The van der Waals surface area contributed by atoms with Gasteiger partial charge in [0, 0.05) is 39.0 Å². The molecular formula is C12H22N4O. The Morgan fingerprint density at radius 1 is 1.59 bits per heavy atom. The number of ether oxygens (including phenoxy) is 1. The smallest absolute Gasteiger partial charge is 0.0946 e. The van der Waals surface area contributed by atoms with Crippen LogP contribution < -0.4 is 5.73 Å². The van der Waals surface area contributed by atoms with Gasteiger partial charge < -0.3 is 15.0 Å². The number of hydrogen-bond acceptors (Lipinski definition) is 4. The van der Waals surface area contributed by atoms with E-state index in [1.807, 2.05) is 24.1 Å². The third-order valence-electron chi connectivity index (χ3n) is 3.68. The molecule has 2 heterocycles. The van der Waals surface area contributed by atoms with Crippen LogP contribution >= 0.6 is 0 Å². The lowest BCUT2D eigenvalue weighted by Crippen LogP contribution is -2.42. The SMILES string of the molecule is CN(C1CCOCC1)C(CN)c1cncn1C. The van der Waals surface area contributed by atoms with Gasteiger partial charge in [0.25, 0.3) is 0 Å². The van der Waals surface area contributed by atoms with Gasteiger partial charge in [-0.3, -0.25) is 4.90 Å². The van der Waals surface area contributed by atoms with Crippen molar-refractivity contribution in [1.82, 2.24) is 14.5 Å². The summed E-state index contributed by atoms with van der Waals surface area (Å²) in [5, 5.41) is 0. The largest absolute Gasteiger partial charge is 0.381 e. The van der Waals surface area contributed by atoms with Crippen LogP contribution in [0.25, 0.3) is 0 Å². The molecule has 1 saturated heterocycles. The van der Waals surface area contributed by atoms with Gasteiger partial charge in [-0.05, 0) is 19.9 Å². The molecule has 0 aromatic carbocycles. The zero-order valence-electron chi connectivity index (χ0n) is 10.7. The quantitative estimate of drug-likeness (QED) is 0.831. The Hall–Kier alpha value is -0.910. The van der Waals surface area contributed by atoms with Gasteiger partial charge >= 0.3 is 0 Å². The van der Waals surface area contributed by atoms with E-state index < -0.39 is 0 Å². The van der Waals surface area contributed by atoms with Crippen LogP contribution in [0.15, 0.2) is 12.5 Å². The first-order valence-corrected chi connectivity index (χ1v) is 6.20. The molecule has 5 heteroatoms. The standard InChI is InChI=1S/C12H22N4O/c1-15-9-14-8-12(15)11(7-13)16(2)10-3-5-17-6-4-10/h8-11H,3-7,13H2,1-2H3. The molecule has 2 rings (SSSR count). The molecule has 0 spiro atoms. The topological polar surface area (TPSA) is 56.3 Å². The lowest BCUT2D eigenvalue weighted by molar-refractivity contribution is 0.0283. The molecule has 1 unspecified atom stereocenters. The lowest BCUT2D eigenvalue weighted by atomic mass is 10.0. The molecule has 17 heavy (non-hydrogen) atoms. The highest BCUT2D eigenvalue weighted by atomic mass is 16.5. The summed E-state index contributed by atoms with van der Waals surface area (Å²) in [5.41, 5.74) is 7.11. The number of hydrogen-bond donors (Lipinski definition) is 1. The number of aryl methyl sites for hydroxylation is 1. The third-order valence-corrected chi connectivity index (χ3v) is 3.68. The van der Waals surface area contributed by atoms with Gasteiger partial charge in [0.05, 0.1) is 18.1 Å². The molecule has 1 aromatic heterocycles. The molecule has 0 saturated carbocycles. The minimum Gasteiger partial charge on any atom is -0.381 e. The molecule has 0 bridgehead atoms. The average molecular weight is 238 g/mol. The minimum atomic E-state index is 0.241. The number of aromatic nitrogens is 2. The van der Waals surface area contributed by atoms with Crippen LogP contribution in [0.2, 0.25) is 0 Å². The first-order chi connectivity index (χ1) is 8.24. The van der Waals surface area contributed by atoms with E-state index in [0.717, 1.165) is 26.1 Å². The summed E-state index contributed by atoms with van der Waals surface area (Å²) >= 11 is 0. The second-order valence-electron chi connectivity index (χ2n) is 4.69. The van der Waals surface area contributed by atoms with E-state index in [0.29, 0.717) is 12.6 Å². The molecule has 1 aliphatic rings. The number of rotatable bonds is 4. The van der Waals surface area contributed by atoms with Crippen molar-refractivity contribution in [3.05, 3.63) is 18.2 Å². The highest BCUT2D eigenvalue weighted by molar-refractivity contribution is 5.06. The van der Waals surface area contributed by atoms with Crippen LogP contribution in [0, 0.1) is 0 Å². The van der Waals surface area contributed by atoms with Gasteiger partial charge in [-0.25, -0.2) is 4.98 Å². The Morgan fingerprint density at radius 2 is 2.29 bits per heavy atom. The molecular weight excluding hydrogens is 216 g/mol. The number of nitrogens with two attached hydrogens (primary N) is 1. The van der Waals surface area contributed by atoms with Crippen LogP contribution in [0.5, 0.6) is 0 Å². The Kier molecular flexibility index (Phi) is 4.15. The predicted octanol–water partition coefficient (Wildman–Crippen LogP) is 0.531. The van der Waals surface area contributed by atoms with E-state index in [-0.39, 0.29) is 6.04 Å². The molecule has 1 aromatic rings. The second-order valence-corrected chi connectivity index (χ2v) is 4.69. The summed E-state index contributed by atoms with van der Waals surface area (Å²) in [6, 6.07) is 0.804. The fraction of sp³-hybridized carbons (Fsp3) is 0.750. The van der Waals surface area contributed by atoms with Gasteiger partial charge in [0.2, 0.25) is 0 Å². The maximum Gasteiger partial charge on any atom is 0.0946 e. The van der Waals surface area contributed by atoms with Crippen molar-refractivity contribution in [3.8, 4) is 0 Å². The Labute approximate surface area is 103 Å². The van der Waals surface area contributed by atoms with Crippen LogP contribution in [-0.2, 0) is 11.8 Å². The van der Waals surface area contributed by atoms with Gasteiger partial charge in [0.1, 0.15) is 0 Å². The van der Waals surface area contributed by atoms with Gasteiger partial charge in [-0.2, -0.15) is 0 Å². The van der Waals surface area contributed by atoms with Crippen molar-refractivity contribution in [2.24, 2.45) is 12.8 Å². The molecule has 1 fully saturated rings. The molecule has 0 radical (unpaired) electrons. The maximum absolute atomic E-state index is 5.93. The lowest BCUT2D eigenvalue weighted by Gasteiger charge is -2.36. The van der Waals surface area contributed by atoms with Crippen LogP contribution in [0.4, 0.5) is 0 Å². The first-order valence-electron chi connectivity index (χ1n) is 6.20. The second kappa shape index (κ2) is 5.62. The summed E-state index contributed by atoms with van der Waals surface area (Å²) in [7, 11) is 4.17. The Balaban J connectivity index is 2.09. The fourth-order valence-corrected chi connectivity index (χ4v) is 2.53. The zero-order chi connectivity index (χ0) is 12.3. The van der Waals surface area contributed by atoms with Gasteiger partial charge in [-0.15, -0.1) is 0 Å². The van der Waals surface area contributed by atoms with Crippen molar-refractivity contribution < 1.29 is 4.74 Å². The summed E-state index contributed by atoms with van der Waals surface area (Å²) in [6.07, 6.45) is 5.92. The summed E-state index contributed by atoms with van der Waals surface area (Å²) < 4.78 is 7.45. The number of nitrogens with zero attached hydrogens (tertiary/aromatic N) is 3. The molecule has 2 N–H and O–H groups in total. The molecule has 0 aliphatic carbocycles. The van der Waals surface area contributed by atoms with Crippen molar-refractivity contribution in [1.29, 1.82) is 0 Å². The molecule has 96 valence electrons. The normalized spacial score (nSPS) is 19.8. The molecule has 1 atom stereocenters. The minimum absolute atomic E-state index is 0.241. The number of likely N-dealkylation sites (N-methyl/N-ethyl adjacent to an activating group) is 1. The molecule has 5 nitrogen and oxygen atoms in total. The summed E-state index contributed by atoms with van der Waals surface area (Å²) in [6.45, 7) is 2.34. The average Bonchev–Trinajstić information content (AvgIpc) is 2.78. The highest BCUT2D eigenvalue weighted by Crippen LogP contribution is 2.24. The van der Waals surface area contributed by atoms with E-state index >= 15 is 0 Å². The predicted molar refractivity (Wildman–Crippen MR) is 66.6 cm³/mol.